The number of thioether (sulfide) groups is 1. The number of imide groups is 1. The molecule has 11 heteroatoms. The number of rotatable bonds is 9. The Morgan fingerprint density at radius 1 is 0.864 bits per heavy atom. The zero-order valence-corrected chi connectivity index (χ0v) is 23.7. The Bertz CT molecular complexity index is 1790. The average Bonchev–Trinajstić information content (AvgIpc) is 3.29. The minimum Gasteiger partial charge on any atom is -0.478 e. The highest BCUT2D eigenvalue weighted by molar-refractivity contribution is 8.00. The molecule has 0 saturated carbocycles. The van der Waals surface area contributed by atoms with Gasteiger partial charge >= 0.3 is 5.97 Å². The standard InChI is InChI=1S/C33H24FN3O6S/c34-23-9-4-6-20(16-23)17-27(36-30(39)21-7-2-1-3-8-21)31(40)35-24-10-5-11-26(18-24)44-28-19-29(38)37(32(28)41)25-14-12-22(13-15-25)33(42)43/h1-18,28H,19H2,(H,35,40)(H,36,39)(H,42,43)/b27-17+/t28-/m1/s1. The summed E-state index contributed by atoms with van der Waals surface area (Å²) in [5, 5.41) is 13.7. The number of benzene rings is 4. The van der Waals surface area contributed by atoms with Gasteiger partial charge < -0.3 is 15.7 Å². The lowest BCUT2D eigenvalue weighted by atomic mass is 10.1. The maximum absolute atomic E-state index is 13.8. The van der Waals surface area contributed by atoms with Gasteiger partial charge in [0.05, 0.1) is 16.5 Å². The number of hydrogen-bond donors (Lipinski definition) is 3. The molecule has 1 saturated heterocycles. The number of aromatic carboxylic acids is 1. The fraction of sp³-hybridized carbons (Fsp3) is 0.0606. The molecule has 0 spiro atoms. The van der Waals surface area contributed by atoms with Crippen LogP contribution in [-0.4, -0.2) is 40.0 Å². The third-order valence-electron chi connectivity index (χ3n) is 6.54. The van der Waals surface area contributed by atoms with Crippen LogP contribution >= 0.6 is 11.8 Å². The lowest BCUT2D eigenvalue weighted by Gasteiger charge is -2.15. The van der Waals surface area contributed by atoms with Crippen molar-refractivity contribution in [3.63, 3.8) is 0 Å². The largest absolute Gasteiger partial charge is 0.478 e. The predicted octanol–water partition coefficient (Wildman–Crippen LogP) is 5.36. The Morgan fingerprint density at radius 3 is 2.30 bits per heavy atom. The zero-order valence-electron chi connectivity index (χ0n) is 22.9. The monoisotopic (exact) mass is 609 g/mol. The van der Waals surface area contributed by atoms with Gasteiger partial charge in [-0.1, -0.05) is 36.4 Å². The molecule has 3 N–H and O–H groups in total. The van der Waals surface area contributed by atoms with Crippen LogP contribution in [-0.2, 0) is 14.4 Å². The molecule has 0 aromatic heterocycles. The van der Waals surface area contributed by atoms with Gasteiger partial charge in [-0.05, 0) is 78.4 Å². The minimum atomic E-state index is -1.12. The first-order valence-electron chi connectivity index (χ1n) is 13.3. The molecule has 1 aliphatic heterocycles. The molecule has 0 aliphatic carbocycles. The third kappa shape index (κ3) is 7.08. The summed E-state index contributed by atoms with van der Waals surface area (Å²) in [6.07, 6.45) is 1.30. The van der Waals surface area contributed by atoms with Gasteiger partial charge in [-0.15, -0.1) is 11.8 Å². The number of carboxylic acids is 1. The summed E-state index contributed by atoms with van der Waals surface area (Å²) in [4.78, 5) is 64.8. The second-order valence-corrected chi connectivity index (χ2v) is 10.9. The highest BCUT2D eigenvalue weighted by atomic mass is 32.2. The van der Waals surface area contributed by atoms with Gasteiger partial charge in [-0.25, -0.2) is 14.1 Å². The van der Waals surface area contributed by atoms with E-state index in [1.54, 1.807) is 60.7 Å². The van der Waals surface area contributed by atoms with Crippen molar-refractivity contribution in [2.24, 2.45) is 0 Å². The van der Waals surface area contributed by atoms with E-state index < -0.39 is 40.7 Å². The van der Waals surface area contributed by atoms with Crippen molar-refractivity contribution in [3.8, 4) is 0 Å². The first-order chi connectivity index (χ1) is 21.2. The van der Waals surface area contributed by atoms with Gasteiger partial charge in [0.25, 0.3) is 11.8 Å². The van der Waals surface area contributed by atoms with Crippen LogP contribution in [0.1, 0.15) is 32.7 Å². The van der Waals surface area contributed by atoms with Gasteiger partial charge in [-0.2, -0.15) is 0 Å². The van der Waals surface area contributed by atoms with Crippen LogP contribution in [0.2, 0.25) is 0 Å². The lowest BCUT2D eigenvalue weighted by molar-refractivity contribution is -0.121. The Kier molecular flexibility index (Phi) is 8.96. The number of carboxylic acid groups (broad SMARTS) is 1. The van der Waals surface area contributed by atoms with Crippen molar-refractivity contribution in [2.45, 2.75) is 16.6 Å². The first kappa shape index (κ1) is 29.9. The fourth-order valence-electron chi connectivity index (χ4n) is 4.44. The van der Waals surface area contributed by atoms with Gasteiger partial charge in [0.1, 0.15) is 11.5 Å². The second kappa shape index (κ2) is 13.2. The summed E-state index contributed by atoms with van der Waals surface area (Å²) in [5.41, 5.74) is 1.24. The molecule has 9 nitrogen and oxygen atoms in total. The molecule has 4 aromatic carbocycles. The van der Waals surface area contributed by atoms with Crippen molar-refractivity contribution < 1.29 is 33.5 Å². The van der Waals surface area contributed by atoms with Crippen molar-refractivity contribution in [3.05, 3.63) is 131 Å². The summed E-state index contributed by atoms with van der Waals surface area (Å²) >= 11 is 1.15. The molecule has 5 rings (SSSR count). The number of carbonyl (C=O) groups excluding carboxylic acids is 4. The number of amides is 4. The highest BCUT2D eigenvalue weighted by Crippen LogP contribution is 2.35. The van der Waals surface area contributed by atoms with Crippen LogP contribution < -0.4 is 15.5 Å². The topological polar surface area (TPSA) is 133 Å². The Balaban J connectivity index is 1.31. The number of anilines is 2. The Labute approximate surface area is 255 Å². The molecule has 4 aromatic rings. The lowest BCUT2D eigenvalue weighted by Crippen LogP contribution is -2.31. The van der Waals surface area contributed by atoms with E-state index in [9.17, 15) is 28.4 Å². The quantitative estimate of drug-likeness (QED) is 0.172. The highest BCUT2D eigenvalue weighted by Gasteiger charge is 2.40. The van der Waals surface area contributed by atoms with Crippen LogP contribution in [0.4, 0.5) is 15.8 Å². The smallest absolute Gasteiger partial charge is 0.335 e. The maximum atomic E-state index is 13.8. The van der Waals surface area contributed by atoms with Gasteiger partial charge in [0, 0.05) is 22.6 Å². The predicted molar refractivity (Wildman–Crippen MR) is 164 cm³/mol. The van der Waals surface area contributed by atoms with E-state index in [0.717, 1.165) is 16.7 Å². The molecule has 1 atom stereocenters. The molecular formula is C33H24FN3O6S. The Morgan fingerprint density at radius 2 is 1.59 bits per heavy atom. The van der Waals surface area contributed by atoms with E-state index in [-0.39, 0.29) is 23.4 Å². The van der Waals surface area contributed by atoms with E-state index in [4.69, 9.17) is 5.11 Å². The number of hydrogen-bond acceptors (Lipinski definition) is 6. The summed E-state index contributed by atoms with van der Waals surface area (Å²) in [7, 11) is 0. The molecule has 1 heterocycles. The normalized spacial score (nSPS) is 14.8. The van der Waals surface area contributed by atoms with Crippen LogP contribution in [0.25, 0.3) is 6.08 Å². The van der Waals surface area contributed by atoms with Crippen LogP contribution in [0, 0.1) is 5.82 Å². The minimum absolute atomic E-state index is 0.0335. The molecule has 0 radical (unpaired) electrons. The summed E-state index contributed by atoms with van der Waals surface area (Å²) in [5.74, 6) is -3.68. The molecule has 44 heavy (non-hydrogen) atoms. The average molecular weight is 610 g/mol. The van der Waals surface area contributed by atoms with Crippen molar-refractivity contribution in [2.75, 3.05) is 10.2 Å². The second-order valence-electron chi connectivity index (χ2n) is 9.65. The van der Waals surface area contributed by atoms with Crippen molar-refractivity contribution in [1.29, 1.82) is 0 Å². The molecule has 4 amide bonds. The van der Waals surface area contributed by atoms with Crippen molar-refractivity contribution in [1.82, 2.24) is 5.32 Å². The maximum Gasteiger partial charge on any atom is 0.335 e. The van der Waals surface area contributed by atoms with Gasteiger partial charge in [0.15, 0.2) is 0 Å². The summed E-state index contributed by atoms with van der Waals surface area (Å²) in [6, 6.07) is 26.0. The summed E-state index contributed by atoms with van der Waals surface area (Å²) in [6.45, 7) is 0. The van der Waals surface area contributed by atoms with E-state index in [1.807, 2.05) is 0 Å². The van der Waals surface area contributed by atoms with E-state index in [1.165, 1.54) is 48.5 Å². The first-order valence-corrected chi connectivity index (χ1v) is 14.2. The molecule has 1 aliphatic rings. The van der Waals surface area contributed by atoms with Crippen LogP contribution in [0.5, 0.6) is 0 Å². The SMILES string of the molecule is O=C(Nc1cccc(S[C@@H]2CC(=O)N(c3ccc(C(=O)O)cc3)C2=O)c1)/C(=C\c1cccc(F)c1)NC(=O)c1ccccc1. The number of carbonyl (C=O) groups is 5. The fourth-order valence-corrected chi connectivity index (χ4v) is 5.55. The molecule has 1 fully saturated rings. The van der Waals surface area contributed by atoms with E-state index in [2.05, 4.69) is 10.6 Å². The zero-order chi connectivity index (χ0) is 31.2. The van der Waals surface area contributed by atoms with Crippen LogP contribution in [0.3, 0.4) is 0 Å². The van der Waals surface area contributed by atoms with Gasteiger partial charge in [0.2, 0.25) is 11.8 Å². The molecule has 0 unspecified atom stereocenters. The van der Waals surface area contributed by atoms with Crippen LogP contribution in [0.15, 0.2) is 114 Å². The number of nitrogens with one attached hydrogen (secondary N) is 2. The molecular weight excluding hydrogens is 585 g/mol. The van der Waals surface area contributed by atoms with Crippen molar-refractivity contribution >= 4 is 58.8 Å². The molecule has 0 bridgehead atoms. The number of halogens is 1. The number of nitrogens with zero attached hydrogens (tertiary/aromatic N) is 1. The van der Waals surface area contributed by atoms with E-state index >= 15 is 0 Å². The third-order valence-corrected chi connectivity index (χ3v) is 7.72. The van der Waals surface area contributed by atoms with Gasteiger partial charge in [-0.3, -0.25) is 19.2 Å². The summed E-state index contributed by atoms with van der Waals surface area (Å²) < 4.78 is 13.8. The molecule has 220 valence electrons. The van der Waals surface area contributed by atoms with E-state index in [0.29, 0.717) is 21.7 Å². The Hall–Kier alpha value is -5.55.